The summed E-state index contributed by atoms with van der Waals surface area (Å²) in [6.07, 6.45) is 0. The van der Waals surface area contributed by atoms with Crippen LogP contribution in [0.1, 0.15) is 6.92 Å². The molecule has 44 valence electrons. The van der Waals surface area contributed by atoms with Gasteiger partial charge in [-0.15, -0.1) is 0 Å². The number of alkyl halides is 3. The monoisotopic (exact) mass is 293 g/mol. The summed E-state index contributed by atoms with van der Waals surface area (Å²) in [6, 6.07) is 0. The number of rotatable bonds is 0. The van der Waals surface area contributed by atoms with Crippen molar-refractivity contribution >= 4 is 27.7 Å². The third kappa shape index (κ3) is 1.75. The van der Waals surface area contributed by atoms with E-state index in [1.807, 2.05) is 0 Å². The molecule has 0 unspecified atom stereocenters. The second kappa shape index (κ2) is 2.92. The predicted molar refractivity (Wildman–Crippen MR) is 34.6 cm³/mol. The quantitative estimate of drug-likeness (QED) is 0.403. The van der Waals surface area contributed by atoms with E-state index >= 15 is 0 Å². The first-order valence-corrected chi connectivity index (χ1v) is 6.87. The average molecular weight is 294 g/mol. The van der Waals surface area contributed by atoms with Crippen LogP contribution in [-0.2, 0) is 0 Å². The van der Waals surface area contributed by atoms with Crippen molar-refractivity contribution in [3.8, 4) is 0 Å². The first kappa shape index (κ1) is 6.68. The van der Waals surface area contributed by atoms with Crippen LogP contribution in [-0.4, -0.2) is 11.8 Å². The predicted octanol–water partition coefficient (Wildman–Crippen LogP) is -1.11. The molecule has 0 bridgehead atoms. The van der Waals surface area contributed by atoms with Gasteiger partial charge in [-0.25, -0.2) is 0 Å². The van der Waals surface area contributed by atoms with E-state index in [4.69, 9.17) is 0 Å². The van der Waals surface area contributed by atoms with Gasteiger partial charge in [-0.05, 0) is 0 Å². The third-order valence-corrected chi connectivity index (χ3v) is 9.29. The van der Waals surface area contributed by atoms with Crippen LogP contribution in [0.15, 0.2) is 0 Å². The molecule has 0 nitrogen and oxygen atoms in total. The zero-order valence-electron chi connectivity index (χ0n) is 4.03. The molecule has 1 fully saturated rings. The molecular formula is C4H7BrIS-. The van der Waals surface area contributed by atoms with Gasteiger partial charge < -0.3 is 0 Å². The zero-order valence-corrected chi connectivity index (χ0v) is 8.59. The molecule has 0 aromatic rings. The van der Waals surface area contributed by atoms with E-state index < -0.39 is 0 Å². The van der Waals surface area contributed by atoms with Crippen molar-refractivity contribution in [2.45, 2.75) is 15.0 Å². The second-order valence-corrected chi connectivity index (χ2v) is 9.55. The summed E-state index contributed by atoms with van der Waals surface area (Å²) >= 11 is 6.26. The fourth-order valence-corrected chi connectivity index (χ4v) is 8.58. The van der Waals surface area contributed by atoms with Crippen molar-refractivity contribution in [1.29, 1.82) is 0 Å². The number of halogens is 2. The first-order valence-electron chi connectivity index (χ1n) is 2.14. The van der Waals surface area contributed by atoms with Crippen molar-refractivity contribution in [3.05, 3.63) is 0 Å². The van der Waals surface area contributed by atoms with Crippen LogP contribution in [0.25, 0.3) is 0 Å². The average Bonchev–Trinajstić information content (AvgIpc) is 1.91. The molecule has 7 heavy (non-hydrogen) atoms. The van der Waals surface area contributed by atoms with Gasteiger partial charge in [-0.1, -0.05) is 0 Å². The topological polar surface area (TPSA) is 0 Å². The molecule has 0 radical (unpaired) electrons. The normalized spacial score (nSPS) is 43.1. The van der Waals surface area contributed by atoms with Crippen LogP contribution in [0.3, 0.4) is 0 Å². The van der Waals surface area contributed by atoms with Crippen molar-refractivity contribution < 1.29 is 21.2 Å². The second-order valence-electron chi connectivity index (χ2n) is 1.47. The molecule has 0 N–H and O–H groups in total. The van der Waals surface area contributed by atoms with Gasteiger partial charge in [0.2, 0.25) is 0 Å². The molecule has 0 aromatic carbocycles. The number of hydrogen-bond donors (Lipinski definition) is 0. The Morgan fingerprint density at radius 1 is 1.86 bits per heavy atom. The summed E-state index contributed by atoms with van der Waals surface area (Å²) in [7, 11) is 0. The summed E-state index contributed by atoms with van der Waals surface area (Å²) in [5.41, 5.74) is 0. The Bertz CT molecular complexity index is 60.7. The van der Waals surface area contributed by atoms with Gasteiger partial charge in [0.25, 0.3) is 0 Å². The van der Waals surface area contributed by atoms with Crippen LogP contribution in [0.5, 0.6) is 0 Å². The third-order valence-electron chi connectivity index (χ3n) is 0.891. The van der Waals surface area contributed by atoms with Crippen molar-refractivity contribution in [1.82, 2.24) is 0 Å². The molecule has 1 heterocycles. The maximum absolute atomic E-state index is 3.63. The van der Waals surface area contributed by atoms with Gasteiger partial charge in [0.15, 0.2) is 0 Å². The Balaban J connectivity index is 2.33. The molecule has 0 spiro atoms. The van der Waals surface area contributed by atoms with E-state index in [1.54, 1.807) is 0 Å². The number of hydrogen-bond acceptors (Lipinski definition) is 1. The fraction of sp³-hybridized carbons (Fsp3) is 1.00. The standard InChI is InChI=1S/C4H7BrIS/c1-3-4(5)6-2-7-3/h3-4H,2H2,1H3/q-1/t3-,4-/m0/s1. The molecule has 1 saturated heterocycles. The van der Waals surface area contributed by atoms with Crippen LogP contribution < -0.4 is 21.2 Å². The Morgan fingerprint density at radius 2 is 2.57 bits per heavy atom. The molecule has 1 aliphatic rings. The van der Waals surface area contributed by atoms with Gasteiger partial charge in [0, 0.05) is 0 Å². The van der Waals surface area contributed by atoms with Gasteiger partial charge in [0.1, 0.15) is 0 Å². The summed E-state index contributed by atoms with van der Waals surface area (Å²) < 4.78 is 2.35. The van der Waals surface area contributed by atoms with E-state index in [-0.39, 0.29) is 0 Å². The summed E-state index contributed by atoms with van der Waals surface area (Å²) in [6.45, 7) is 2.30. The Morgan fingerprint density at radius 3 is 2.71 bits per heavy atom. The molecule has 3 heteroatoms. The van der Waals surface area contributed by atoms with Crippen molar-refractivity contribution in [2.24, 2.45) is 0 Å². The molecule has 0 aromatic heterocycles. The van der Waals surface area contributed by atoms with Crippen LogP contribution in [0.2, 0.25) is 0 Å². The van der Waals surface area contributed by atoms with E-state index in [1.165, 1.54) is 3.76 Å². The maximum atomic E-state index is 3.63. The molecule has 0 amide bonds. The van der Waals surface area contributed by atoms with E-state index in [2.05, 4.69) is 34.6 Å². The van der Waals surface area contributed by atoms with E-state index in [0.29, 0.717) is 21.2 Å². The van der Waals surface area contributed by atoms with Crippen molar-refractivity contribution in [2.75, 3.05) is 3.76 Å². The van der Waals surface area contributed by atoms with Crippen molar-refractivity contribution in [3.63, 3.8) is 0 Å². The van der Waals surface area contributed by atoms with Crippen LogP contribution >= 0.6 is 27.7 Å². The van der Waals surface area contributed by atoms with Crippen LogP contribution in [0.4, 0.5) is 0 Å². The van der Waals surface area contributed by atoms with Crippen LogP contribution in [0, 0.1) is 0 Å². The SMILES string of the molecule is C[C@@H]1SC[I-][C@@H]1Br. The fourth-order valence-electron chi connectivity index (χ4n) is 0.394. The van der Waals surface area contributed by atoms with Gasteiger partial charge in [-0.2, -0.15) is 0 Å². The van der Waals surface area contributed by atoms with E-state index in [9.17, 15) is 0 Å². The molecule has 1 rings (SSSR count). The molecule has 2 atom stereocenters. The summed E-state index contributed by atoms with van der Waals surface area (Å²) in [4.78, 5) is 0. The molecule has 0 saturated carbocycles. The van der Waals surface area contributed by atoms with Gasteiger partial charge in [-0.3, -0.25) is 0 Å². The summed E-state index contributed by atoms with van der Waals surface area (Å²) in [5, 5.41) is 0.896. The van der Waals surface area contributed by atoms with Gasteiger partial charge >= 0.3 is 67.7 Å². The molecule has 1 aliphatic heterocycles. The summed E-state index contributed by atoms with van der Waals surface area (Å²) in [5.74, 6) is 0. The minimum absolute atomic E-state index is 0.519. The number of thioether (sulfide) groups is 1. The zero-order chi connectivity index (χ0) is 5.28. The van der Waals surface area contributed by atoms with Gasteiger partial charge in [0.05, 0.1) is 0 Å². The Hall–Kier alpha value is 1.56. The molecular weight excluding hydrogens is 287 g/mol. The molecule has 0 aliphatic carbocycles. The Labute approximate surface area is 67.2 Å². The first-order chi connectivity index (χ1) is 3.30. The Kier molecular flexibility index (Phi) is 2.78. The minimum atomic E-state index is 0.519. The van der Waals surface area contributed by atoms with E-state index in [0.717, 1.165) is 8.08 Å².